The topological polar surface area (TPSA) is 24.5 Å². The van der Waals surface area contributed by atoms with Gasteiger partial charge in [-0.25, -0.2) is 0 Å². The SMILES string of the molecule is Clc1ccccc1OC1CN(CC2CCNC2)C1. The zero-order valence-corrected chi connectivity index (χ0v) is 11.2. The lowest BCUT2D eigenvalue weighted by molar-refractivity contribution is 0.0118. The molecular weight excluding hydrogens is 248 g/mol. The predicted molar refractivity (Wildman–Crippen MR) is 73.3 cm³/mol. The summed E-state index contributed by atoms with van der Waals surface area (Å²) in [6.07, 6.45) is 1.62. The van der Waals surface area contributed by atoms with Gasteiger partial charge in [0.25, 0.3) is 0 Å². The van der Waals surface area contributed by atoms with Crippen molar-refractivity contribution < 1.29 is 4.74 Å². The second-order valence-electron chi connectivity index (χ2n) is 5.25. The first-order chi connectivity index (χ1) is 8.81. The van der Waals surface area contributed by atoms with Crippen molar-refractivity contribution in [3.63, 3.8) is 0 Å². The van der Waals surface area contributed by atoms with Crippen LogP contribution < -0.4 is 10.1 Å². The van der Waals surface area contributed by atoms with E-state index in [4.69, 9.17) is 16.3 Å². The Labute approximate surface area is 113 Å². The average molecular weight is 267 g/mol. The van der Waals surface area contributed by atoms with Gasteiger partial charge in [-0.2, -0.15) is 0 Å². The smallest absolute Gasteiger partial charge is 0.138 e. The maximum absolute atomic E-state index is 6.08. The molecule has 0 aliphatic carbocycles. The first-order valence-electron chi connectivity index (χ1n) is 6.65. The Morgan fingerprint density at radius 1 is 1.33 bits per heavy atom. The van der Waals surface area contributed by atoms with Crippen LogP contribution in [0.4, 0.5) is 0 Å². The molecule has 0 aromatic heterocycles. The Balaban J connectivity index is 1.43. The van der Waals surface area contributed by atoms with Gasteiger partial charge in [0.15, 0.2) is 0 Å². The molecule has 1 N–H and O–H groups in total. The molecule has 2 aliphatic heterocycles. The number of nitrogens with zero attached hydrogens (tertiary/aromatic N) is 1. The van der Waals surface area contributed by atoms with E-state index in [9.17, 15) is 0 Å². The van der Waals surface area contributed by atoms with E-state index in [2.05, 4.69) is 10.2 Å². The van der Waals surface area contributed by atoms with Crippen LogP contribution in [0.5, 0.6) is 5.75 Å². The van der Waals surface area contributed by atoms with Gasteiger partial charge in [-0.1, -0.05) is 23.7 Å². The summed E-state index contributed by atoms with van der Waals surface area (Å²) in [6.45, 7) is 5.61. The number of halogens is 1. The van der Waals surface area contributed by atoms with Crippen molar-refractivity contribution in [2.75, 3.05) is 32.7 Å². The van der Waals surface area contributed by atoms with Gasteiger partial charge in [-0.15, -0.1) is 0 Å². The van der Waals surface area contributed by atoms with Gasteiger partial charge >= 0.3 is 0 Å². The first-order valence-corrected chi connectivity index (χ1v) is 7.03. The van der Waals surface area contributed by atoms with Gasteiger partial charge < -0.3 is 10.1 Å². The van der Waals surface area contributed by atoms with Crippen molar-refractivity contribution >= 4 is 11.6 Å². The molecule has 1 unspecified atom stereocenters. The van der Waals surface area contributed by atoms with Gasteiger partial charge in [0.1, 0.15) is 11.9 Å². The van der Waals surface area contributed by atoms with Crippen LogP contribution in [0.15, 0.2) is 24.3 Å². The summed E-state index contributed by atoms with van der Waals surface area (Å²) >= 11 is 6.08. The Hall–Kier alpha value is -0.770. The third-order valence-electron chi connectivity index (χ3n) is 3.73. The summed E-state index contributed by atoms with van der Waals surface area (Å²) < 4.78 is 5.89. The van der Waals surface area contributed by atoms with Gasteiger partial charge in [0.2, 0.25) is 0 Å². The van der Waals surface area contributed by atoms with E-state index in [-0.39, 0.29) is 0 Å². The molecule has 1 aromatic rings. The minimum absolute atomic E-state index is 0.305. The number of ether oxygens (including phenoxy) is 1. The molecule has 2 heterocycles. The Kier molecular flexibility index (Phi) is 3.73. The van der Waals surface area contributed by atoms with E-state index >= 15 is 0 Å². The summed E-state index contributed by atoms with van der Waals surface area (Å²) in [5, 5.41) is 4.11. The normalized spacial score (nSPS) is 25.1. The first kappa shape index (κ1) is 12.3. The van der Waals surface area contributed by atoms with Crippen LogP contribution >= 0.6 is 11.6 Å². The maximum atomic E-state index is 6.08. The van der Waals surface area contributed by atoms with Crippen molar-refractivity contribution in [1.29, 1.82) is 0 Å². The lowest BCUT2D eigenvalue weighted by Crippen LogP contribution is -2.55. The summed E-state index contributed by atoms with van der Waals surface area (Å²) in [6, 6.07) is 7.70. The van der Waals surface area contributed by atoms with Crippen LogP contribution in [0, 0.1) is 5.92 Å². The van der Waals surface area contributed by atoms with Crippen LogP contribution in [0.25, 0.3) is 0 Å². The van der Waals surface area contributed by atoms with Gasteiger partial charge in [0.05, 0.1) is 5.02 Å². The molecule has 0 spiro atoms. The molecule has 0 saturated carbocycles. The predicted octanol–water partition coefficient (Wildman–Crippen LogP) is 2.01. The Morgan fingerprint density at radius 3 is 2.89 bits per heavy atom. The minimum Gasteiger partial charge on any atom is -0.486 e. The number of likely N-dealkylation sites (tertiary alicyclic amines) is 1. The minimum atomic E-state index is 0.305. The second-order valence-corrected chi connectivity index (χ2v) is 5.65. The summed E-state index contributed by atoms with van der Waals surface area (Å²) in [5.74, 6) is 1.64. The Bertz CT molecular complexity index is 401. The molecule has 18 heavy (non-hydrogen) atoms. The number of hydrogen-bond donors (Lipinski definition) is 1. The Morgan fingerprint density at radius 2 is 2.17 bits per heavy atom. The van der Waals surface area contributed by atoms with Crippen LogP contribution in [0.1, 0.15) is 6.42 Å². The van der Waals surface area contributed by atoms with Crippen molar-refractivity contribution in [1.82, 2.24) is 10.2 Å². The van der Waals surface area contributed by atoms with Crippen molar-refractivity contribution in [2.24, 2.45) is 5.92 Å². The van der Waals surface area contributed by atoms with Crippen molar-refractivity contribution in [3.8, 4) is 5.75 Å². The molecular formula is C14H19ClN2O. The van der Waals surface area contributed by atoms with E-state index in [1.807, 2.05) is 24.3 Å². The molecule has 0 radical (unpaired) electrons. The number of rotatable bonds is 4. The fourth-order valence-electron chi connectivity index (χ4n) is 2.70. The van der Waals surface area contributed by atoms with Crippen molar-refractivity contribution in [2.45, 2.75) is 12.5 Å². The van der Waals surface area contributed by atoms with Crippen molar-refractivity contribution in [3.05, 3.63) is 29.3 Å². The number of nitrogens with one attached hydrogen (secondary N) is 1. The second kappa shape index (κ2) is 5.47. The standard InChI is InChI=1S/C14H19ClN2O/c15-13-3-1-2-4-14(13)18-12-9-17(10-12)8-11-5-6-16-7-11/h1-4,11-12,16H,5-10H2. The van der Waals surface area contributed by atoms with Crippen LogP contribution in [0.2, 0.25) is 5.02 Å². The van der Waals surface area contributed by atoms with Crippen LogP contribution in [-0.2, 0) is 0 Å². The zero-order chi connectivity index (χ0) is 12.4. The summed E-state index contributed by atoms with van der Waals surface area (Å²) in [4.78, 5) is 2.47. The van der Waals surface area contributed by atoms with Gasteiger partial charge in [-0.05, 0) is 37.6 Å². The average Bonchev–Trinajstić information content (AvgIpc) is 2.81. The lowest BCUT2D eigenvalue weighted by Gasteiger charge is -2.40. The molecule has 1 aromatic carbocycles. The maximum Gasteiger partial charge on any atom is 0.138 e. The molecule has 0 bridgehead atoms. The molecule has 4 heteroatoms. The number of hydrogen-bond acceptors (Lipinski definition) is 3. The highest BCUT2D eigenvalue weighted by Crippen LogP contribution is 2.26. The highest BCUT2D eigenvalue weighted by molar-refractivity contribution is 6.32. The summed E-state index contributed by atoms with van der Waals surface area (Å²) in [7, 11) is 0. The molecule has 2 saturated heterocycles. The molecule has 0 amide bonds. The fraction of sp³-hybridized carbons (Fsp3) is 0.571. The number of para-hydroxylation sites is 1. The van der Waals surface area contributed by atoms with E-state index in [0.29, 0.717) is 11.1 Å². The van der Waals surface area contributed by atoms with E-state index < -0.39 is 0 Å². The van der Waals surface area contributed by atoms with E-state index in [1.165, 1.54) is 26.1 Å². The molecule has 3 rings (SSSR count). The van der Waals surface area contributed by atoms with E-state index in [0.717, 1.165) is 24.8 Å². The molecule has 98 valence electrons. The van der Waals surface area contributed by atoms with Gasteiger partial charge in [-0.3, -0.25) is 4.90 Å². The molecule has 1 atom stereocenters. The third kappa shape index (κ3) is 2.79. The highest BCUT2D eigenvalue weighted by atomic mass is 35.5. The molecule has 2 fully saturated rings. The quantitative estimate of drug-likeness (QED) is 0.902. The number of benzene rings is 1. The van der Waals surface area contributed by atoms with Crippen LogP contribution in [0.3, 0.4) is 0 Å². The zero-order valence-electron chi connectivity index (χ0n) is 10.4. The molecule has 3 nitrogen and oxygen atoms in total. The van der Waals surface area contributed by atoms with Crippen LogP contribution in [-0.4, -0.2) is 43.7 Å². The third-order valence-corrected chi connectivity index (χ3v) is 4.04. The van der Waals surface area contributed by atoms with Gasteiger partial charge in [0, 0.05) is 19.6 Å². The monoisotopic (exact) mass is 266 g/mol. The van der Waals surface area contributed by atoms with E-state index in [1.54, 1.807) is 0 Å². The summed E-state index contributed by atoms with van der Waals surface area (Å²) in [5.41, 5.74) is 0. The fourth-order valence-corrected chi connectivity index (χ4v) is 2.88. The molecule has 2 aliphatic rings. The largest absolute Gasteiger partial charge is 0.486 e. The highest BCUT2D eigenvalue weighted by Gasteiger charge is 2.31. The lowest BCUT2D eigenvalue weighted by atomic mass is 10.0.